The Balaban J connectivity index is 2.30. The Labute approximate surface area is 120 Å². The van der Waals surface area contributed by atoms with E-state index in [0.29, 0.717) is 0 Å². The Hall–Kier alpha value is -1.81. The van der Waals surface area contributed by atoms with Crippen LogP contribution in [0.25, 0.3) is 0 Å². The zero-order valence-corrected chi connectivity index (χ0v) is 12.7. The number of aryl methyl sites for hydroxylation is 1. The van der Waals surface area contributed by atoms with E-state index in [4.69, 9.17) is 10.5 Å². The number of hydrogen-bond acceptors (Lipinski definition) is 3. The minimum Gasteiger partial charge on any atom is -0.496 e. The van der Waals surface area contributed by atoms with Crippen LogP contribution in [0.1, 0.15) is 29.4 Å². The average Bonchev–Trinajstić information content (AvgIpc) is 2.67. The van der Waals surface area contributed by atoms with Crippen LogP contribution in [0, 0.1) is 13.8 Å². The second-order valence-corrected chi connectivity index (χ2v) is 5.30. The molecule has 0 amide bonds. The highest BCUT2D eigenvalue weighted by molar-refractivity contribution is 5.34. The van der Waals surface area contributed by atoms with Crippen molar-refractivity contribution in [3.63, 3.8) is 0 Å². The van der Waals surface area contributed by atoms with Gasteiger partial charge in [0.2, 0.25) is 0 Å². The number of hydrogen-bond donors (Lipinski definition) is 1. The molecular weight excluding hydrogens is 250 g/mol. The fourth-order valence-corrected chi connectivity index (χ4v) is 2.50. The van der Waals surface area contributed by atoms with Gasteiger partial charge in [0.1, 0.15) is 5.75 Å². The largest absolute Gasteiger partial charge is 0.496 e. The predicted molar refractivity (Wildman–Crippen MR) is 81.2 cm³/mol. The van der Waals surface area contributed by atoms with Gasteiger partial charge < -0.3 is 10.5 Å². The lowest BCUT2D eigenvalue weighted by Gasteiger charge is -2.10. The Morgan fingerprint density at radius 1 is 1.30 bits per heavy atom. The zero-order valence-electron chi connectivity index (χ0n) is 12.7. The zero-order chi connectivity index (χ0) is 14.7. The first-order chi connectivity index (χ1) is 9.52. The third-order valence-electron chi connectivity index (χ3n) is 3.57. The molecule has 0 aliphatic carbocycles. The lowest BCUT2D eigenvalue weighted by molar-refractivity contribution is 0.407. The fourth-order valence-electron chi connectivity index (χ4n) is 2.50. The number of para-hydroxylation sites is 1. The molecule has 0 bridgehead atoms. The molecule has 0 saturated carbocycles. The van der Waals surface area contributed by atoms with Crippen molar-refractivity contribution in [1.29, 1.82) is 0 Å². The van der Waals surface area contributed by atoms with Crippen molar-refractivity contribution in [3.05, 3.63) is 46.8 Å². The lowest BCUT2D eigenvalue weighted by atomic mass is 10.1. The summed E-state index contributed by atoms with van der Waals surface area (Å²) in [5.74, 6) is 0.897. The highest BCUT2D eigenvalue weighted by Gasteiger charge is 2.14. The van der Waals surface area contributed by atoms with Crippen LogP contribution in [0.5, 0.6) is 5.75 Å². The van der Waals surface area contributed by atoms with E-state index in [0.717, 1.165) is 30.0 Å². The topological polar surface area (TPSA) is 53.1 Å². The van der Waals surface area contributed by atoms with Crippen LogP contribution in [0.2, 0.25) is 0 Å². The van der Waals surface area contributed by atoms with Crippen LogP contribution in [0.3, 0.4) is 0 Å². The lowest BCUT2D eigenvalue weighted by Crippen LogP contribution is -2.18. The first-order valence-corrected chi connectivity index (χ1v) is 6.93. The Kier molecular flexibility index (Phi) is 4.45. The number of nitrogens with two attached hydrogens (primary N) is 1. The molecule has 1 atom stereocenters. The van der Waals surface area contributed by atoms with Crippen molar-refractivity contribution in [2.24, 2.45) is 5.73 Å². The van der Waals surface area contributed by atoms with Gasteiger partial charge in [-0.1, -0.05) is 18.2 Å². The molecule has 1 aromatic heterocycles. The molecule has 0 spiro atoms. The molecule has 0 aliphatic heterocycles. The standard InChI is InChI=1S/C16H23N3O/c1-11(17)9-15-12(2)18-19(13(15)3)10-14-7-5-6-8-16(14)20-4/h5-8,11H,9-10,17H2,1-4H3. The summed E-state index contributed by atoms with van der Waals surface area (Å²) in [4.78, 5) is 0. The first kappa shape index (κ1) is 14.6. The Morgan fingerprint density at radius 2 is 2.00 bits per heavy atom. The molecule has 2 rings (SSSR count). The number of ether oxygens (including phenoxy) is 1. The SMILES string of the molecule is COc1ccccc1Cn1nc(C)c(CC(C)N)c1C. The molecule has 2 N–H and O–H groups in total. The number of nitrogens with zero attached hydrogens (tertiary/aromatic N) is 2. The normalized spacial score (nSPS) is 12.4. The van der Waals surface area contributed by atoms with Gasteiger partial charge in [-0.25, -0.2) is 0 Å². The molecule has 1 heterocycles. The van der Waals surface area contributed by atoms with Crippen LogP contribution in [-0.4, -0.2) is 22.9 Å². The number of aromatic nitrogens is 2. The maximum atomic E-state index is 5.91. The van der Waals surface area contributed by atoms with Crippen molar-refractivity contribution in [1.82, 2.24) is 9.78 Å². The smallest absolute Gasteiger partial charge is 0.123 e. The summed E-state index contributed by atoms with van der Waals surface area (Å²) in [7, 11) is 1.70. The van der Waals surface area contributed by atoms with E-state index in [-0.39, 0.29) is 6.04 Å². The van der Waals surface area contributed by atoms with E-state index in [2.05, 4.69) is 18.1 Å². The van der Waals surface area contributed by atoms with Gasteiger partial charge in [-0.15, -0.1) is 0 Å². The van der Waals surface area contributed by atoms with E-state index in [9.17, 15) is 0 Å². The van der Waals surface area contributed by atoms with Crippen molar-refractivity contribution < 1.29 is 4.74 Å². The van der Waals surface area contributed by atoms with Gasteiger partial charge >= 0.3 is 0 Å². The van der Waals surface area contributed by atoms with Gasteiger partial charge in [0.25, 0.3) is 0 Å². The van der Waals surface area contributed by atoms with Crippen LogP contribution < -0.4 is 10.5 Å². The van der Waals surface area contributed by atoms with Crippen molar-refractivity contribution in [2.45, 2.75) is 39.8 Å². The van der Waals surface area contributed by atoms with Gasteiger partial charge in [0, 0.05) is 17.3 Å². The molecule has 4 heteroatoms. The summed E-state index contributed by atoms with van der Waals surface area (Å²) in [6.45, 7) is 6.89. The van der Waals surface area contributed by atoms with E-state index in [1.54, 1.807) is 7.11 Å². The Morgan fingerprint density at radius 3 is 2.65 bits per heavy atom. The van der Waals surface area contributed by atoms with E-state index in [1.807, 2.05) is 36.7 Å². The fraction of sp³-hybridized carbons (Fsp3) is 0.438. The molecule has 20 heavy (non-hydrogen) atoms. The summed E-state index contributed by atoms with van der Waals surface area (Å²) in [5, 5.41) is 4.64. The number of rotatable bonds is 5. The summed E-state index contributed by atoms with van der Waals surface area (Å²) >= 11 is 0. The average molecular weight is 273 g/mol. The van der Waals surface area contributed by atoms with E-state index < -0.39 is 0 Å². The Bertz CT molecular complexity index is 587. The van der Waals surface area contributed by atoms with Crippen LogP contribution in [0.4, 0.5) is 0 Å². The minimum atomic E-state index is 0.149. The number of benzene rings is 1. The monoisotopic (exact) mass is 273 g/mol. The highest BCUT2D eigenvalue weighted by Crippen LogP contribution is 2.21. The van der Waals surface area contributed by atoms with Crippen molar-refractivity contribution >= 4 is 0 Å². The molecule has 1 aromatic carbocycles. The summed E-state index contributed by atoms with van der Waals surface area (Å²) in [6, 6.07) is 8.19. The third-order valence-corrected chi connectivity index (χ3v) is 3.57. The highest BCUT2D eigenvalue weighted by atomic mass is 16.5. The van der Waals surface area contributed by atoms with Crippen LogP contribution in [0.15, 0.2) is 24.3 Å². The van der Waals surface area contributed by atoms with Gasteiger partial charge in [-0.05, 0) is 38.8 Å². The van der Waals surface area contributed by atoms with E-state index in [1.165, 1.54) is 11.3 Å². The molecular formula is C16H23N3O. The third kappa shape index (κ3) is 3.02. The quantitative estimate of drug-likeness (QED) is 0.910. The molecule has 2 aromatic rings. The summed E-state index contributed by atoms with van der Waals surface area (Å²) in [5.41, 5.74) is 10.6. The second-order valence-electron chi connectivity index (χ2n) is 5.30. The van der Waals surface area contributed by atoms with Crippen molar-refractivity contribution in [2.75, 3.05) is 7.11 Å². The minimum absolute atomic E-state index is 0.149. The van der Waals surface area contributed by atoms with Crippen molar-refractivity contribution in [3.8, 4) is 5.75 Å². The number of methoxy groups -OCH3 is 1. The summed E-state index contributed by atoms with van der Waals surface area (Å²) in [6.07, 6.45) is 0.865. The first-order valence-electron chi connectivity index (χ1n) is 6.93. The molecule has 0 saturated heterocycles. The molecule has 4 nitrogen and oxygen atoms in total. The predicted octanol–water partition coefficient (Wildman–Crippen LogP) is 2.45. The van der Waals surface area contributed by atoms with Crippen LogP contribution in [-0.2, 0) is 13.0 Å². The summed E-state index contributed by atoms with van der Waals surface area (Å²) < 4.78 is 7.43. The molecule has 0 radical (unpaired) electrons. The van der Waals surface area contributed by atoms with Gasteiger partial charge in [0.05, 0.1) is 19.3 Å². The second kappa shape index (κ2) is 6.09. The molecule has 108 valence electrons. The van der Waals surface area contributed by atoms with Gasteiger partial charge in [-0.3, -0.25) is 4.68 Å². The molecule has 0 aliphatic rings. The molecule has 0 fully saturated rings. The maximum Gasteiger partial charge on any atom is 0.123 e. The van der Waals surface area contributed by atoms with Gasteiger partial charge in [-0.2, -0.15) is 5.10 Å². The van der Waals surface area contributed by atoms with Crippen LogP contribution >= 0.6 is 0 Å². The van der Waals surface area contributed by atoms with E-state index >= 15 is 0 Å². The van der Waals surface area contributed by atoms with Gasteiger partial charge in [0.15, 0.2) is 0 Å². The maximum absolute atomic E-state index is 5.91. The molecule has 1 unspecified atom stereocenters.